The van der Waals surface area contributed by atoms with E-state index in [0.29, 0.717) is 0 Å². The molecule has 0 fully saturated rings. The van der Waals surface area contributed by atoms with E-state index in [4.69, 9.17) is 8.83 Å². The second-order valence-corrected chi connectivity index (χ2v) is 15.3. The third kappa shape index (κ3) is 5.51. The van der Waals surface area contributed by atoms with E-state index >= 15 is 0 Å². The quantitative estimate of drug-likeness (QED) is 0.169. The minimum absolute atomic E-state index is 0.883. The minimum Gasteiger partial charge on any atom is -0.456 e. The molecular formula is C56H35NO2. The second kappa shape index (κ2) is 13.4. The van der Waals surface area contributed by atoms with Gasteiger partial charge in [-0.05, 0) is 111 Å². The average molecular weight is 754 g/mol. The summed E-state index contributed by atoms with van der Waals surface area (Å²) < 4.78 is 12.7. The molecule has 2 aromatic heterocycles. The molecule has 0 saturated heterocycles. The second-order valence-electron chi connectivity index (χ2n) is 15.3. The summed E-state index contributed by atoms with van der Waals surface area (Å²) >= 11 is 0. The summed E-state index contributed by atoms with van der Waals surface area (Å²) in [6, 6.07) is 75.9. The van der Waals surface area contributed by atoms with Gasteiger partial charge in [-0.2, -0.15) is 0 Å². The normalized spacial score (nSPS) is 11.7. The lowest BCUT2D eigenvalue weighted by Gasteiger charge is -2.28. The number of hydrogen-bond acceptors (Lipinski definition) is 3. The lowest BCUT2D eigenvalue weighted by molar-refractivity contribution is 0.669. The summed E-state index contributed by atoms with van der Waals surface area (Å²) in [5.41, 5.74) is 13.7. The molecular weight excluding hydrogens is 719 g/mol. The van der Waals surface area contributed by atoms with Crippen molar-refractivity contribution in [1.29, 1.82) is 0 Å². The zero-order valence-electron chi connectivity index (χ0n) is 32.0. The summed E-state index contributed by atoms with van der Waals surface area (Å²) in [7, 11) is 0. The number of benzene rings is 10. The third-order valence-corrected chi connectivity index (χ3v) is 11.9. The van der Waals surface area contributed by atoms with Crippen molar-refractivity contribution in [3.63, 3.8) is 0 Å². The lowest BCUT2D eigenvalue weighted by Crippen LogP contribution is -2.11. The maximum absolute atomic E-state index is 6.53. The molecule has 0 spiro atoms. The molecule has 0 aliphatic carbocycles. The topological polar surface area (TPSA) is 29.5 Å². The molecule has 59 heavy (non-hydrogen) atoms. The number of rotatable bonds is 6. The Hall–Kier alpha value is -7.88. The van der Waals surface area contributed by atoms with Gasteiger partial charge >= 0.3 is 0 Å². The van der Waals surface area contributed by atoms with Crippen molar-refractivity contribution in [2.24, 2.45) is 0 Å². The van der Waals surface area contributed by atoms with Crippen LogP contribution in [0.15, 0.2) is 221 Å². The minimum atomic E-state index is 0.883. The van der Waals surface area contributed by atoms with Gasteiger partial charge < -0.3 is 13.7 Å². The standard InChI is InChI=1S/C56H35NO2/c1-3-16-44-36(11-1)13-10-20-45(44)38-23-28-42(29-24-38)57(43-15-9-14-39(33-43)40-26-31-54-50(34-40)48-19-6-8-22-53(48)58-54)52-21-7-5-17-46(52)41-27-32-55-51(35-41)49-30-25-37-12-2-4-18-47(37)56(49)59-55/h1-35H. The summed E-state index contributed by atoms with van der Waals surface area (Å²) in [5, 5.41) is 9.24. The van der Waals surface area contributed by atoms with Crippen molar-refractivity contribution in [2.45, 2.75) is 0 Å². The number of anilines is 3. The zero-order chi connectivity index (χ0) is 38.9. The van der Waals surface area contributed by atoms with Crippen molar-refractivity contribution in [3.8, 4) is 33.4 Å². The summed E-state index contributed by atoms with van der Waals surface area (Å²) in [5.74, 6) is 0. The maximum atomic E-state index is 6.53. The van der Waals surface area contributed by atoms with Gasteiger partial charge in [-0.15, -0.1) is 0 Å². The largest absolute Gasteiger partial charge is 0.456 e. The molecule has 2 heterocycles. The Morgan fingerprint density at radius 1 is 0.288 bits per heavy atom. The van der Waals surface area contributed by atoms with Crippen LogP contribution in [0, 0.1) is 0 Å². The predicted molar refractivity (Wildman–Crippen MR) is 247 cm³/mol. The van der Waals surface area contributed by atoms with E-state index < -0.39 is 0 Å². The molecule has 0 N–H and O–H groups in total. The SMILES string of the molecule is c1cc(-c2ccc3oc4ccccc4c3c2)cc(N(c2ccc(-c3cccc4ccccc34)cc2)c2ccccc2-c2ccc3oc4c5ccccc5ccc4c3c2)c1. The Kier molecular flexibility index (Phi) is 7.54. The van der Waals surface area contributed by atoms with Crippen LogP contribution in [0.3, 0.4) is 0 Å². The fourth-order valence-corrected chi connectivity index (χ4v) is 9.01. The van der Waals surface area contributed by atoms with Crippen molar-refractivity contribution in [1.82, 2.24) is 0 Å². The first-order valence-corrected chi connectivity index (χ1v) is 20.1. The van der Waals surface area contributed by atoms with E-state index in [1.165, 1.54) is 27.3 Å². The fraction of sp³-hybridized carbons (Fsp3) is 0. The Bertz CT molecular complexity index is 3570. The molecule has 0 aliphatic heterocycles. The van der Waals surface area contributed by atoms with E-state index in [1.807, 2.05) is 12.1 Å². The molecule has 0 unspecified atom stereocenters. The molecule has 0 aliphatic rings. The third-order valence-electron chi connectivity index (χ3n) is 11.9. The fourth-order valence-electron chi connectivity index (χ4n) is 9.01. The van der Waals surface area contributed by atoms with Gasteiger partial charge in [0, 0.05) is 43.9 Å². The first-order chi connectivity index (χ1) is 29.2. The Labute approximate surface area is 340 Å². The molecule has 0 atom stereocenters. The Morgan fingerprint density at radius 3 is 1.76 bits per heavy atom. The van der Waals surface area contributed by atoms with E-state index in [0.717, 1.165) is 88.6 Å². The van der Waals surface area contributed by atoms with Gasteiger partial charge in [0.05, 0.1) is 5.69 Å². The number of nitrogens with zero attached hydrogens (tertiary/aromatic N) is 1. The first-order valence-electron chi connectivity index (χ1n) is 20.1. The molecule has 0 saturated carbocycles. The highest BCUT2D eigenvalue weighted by molar-refractivity contribution is 6.16. The van der Waals surface area contributed by atoms with Crippen molar-refractivity contribution in [3.05, 3.63) is 212 Å². The monoisotopic (exact) mass is 753 g/mol. The van der Waals surface area contributed by atoms with Gasteiger partial charge in [0.2, 0.25) is 0 Å². The first kappa shape index (κ1) is 33.3. The van der Waals surface area contributed by atoms with Crippen LogP contribution in [0.2, 0.25) is 0 Å². The van der Waals surface area contributed by atoms with Gasteiger partial charge in [0.25, 0.3) is 0 Å². The van der Waals surface area contributed by atoms with Gasteiger partial charge in [-0.3, -0.25) is 0 Å². The van der Waals surface area contributed by atoms with Gasteiger partial charge in [-0.1, -0.05) is 146 Å². The molecule has 12 rings (SSSR count). The molecule has 10 aromatic carbocycles. The average Bonchev–Trinajstić information content (AvgIpc) is 3.87. The smallest absolute Gasteiger partial charge is 0.143 e. The van der Waals surface area contributed by atoms with Crippen LogP contribution in [0.4, 0.5) is 17.1 Å². The van der Waals surface area contributed by atoms with Crippen molar-refractivity contribution in [2.75, 3.05) is 4.90 Å². The van der Waals surface area contributed by atoms with E-state index in [-0.39, 0.29) is 0 Å². The molecule has 3 heteroatoms. The number of fused-ring (bicyclic) bond motifs is 9. The highest BCUT2D eigenvalue weighted by Gasteiger charge is 2.20. The van der Waals surface area contributed by atoms with Gasteiger partial charge in [0.1, 0.15) is 22.3 Å². The molecule has 12 aromatic rings. The molecule has 0 bridgehead atoms. The summed E-state index contributed by atoms with van der Waals surface area (Å²) in [6.07, 6.45) is 0. The van der Waals surface area contributed by atoms with Crippen LogP contribution in [0.25, 0.3) is 98.8 Å². The maximum Gasteiger partial charge on any atom is 0.143 e. The van der Waals surface area contributed by atoms with Crippen LogP contribution in [-0.2, 0) is 0 Å². The van der Waals surface area contributed by atoms with E-state index in [9.17, 15) is 0 Å². The van der Waals surface area contributed by atoms with Crippen LogP contribution in [0.1, 0.15) is 0 Å². The van der Waals surface area contributed by atoms with Crippen molar-refractivity contribution < 1.29 is 8.83 Å². The van der Waals surface area contributed by atoms with Crippen molar-refractivity contribution >= 4 is 82.5 Å². The van der Waals surface area contributed by atoms with E-state index in [2.05, 4.69) is 205 Å². The molecule has 0 radical (unpaired) electrons. The Morgan fingerprint density at radius 2 is 0.881 bits per heavy atom. The van der Waals surface area contributed by atoms with Gasteiger partial charge in [-0.25, -0.2) is 0 Å². The highest BCUT2D eigenvalue weighted by atomic mass is 16.3. The van der Waals surface area contributed by atoms with Gasteiger partial charge in [0.15, 0.2) is 0 Å². The Balaban J connectivity index is 1.03. The lowest BCUT2D eigenvalue weighted by atomic mass is 9.97. The highest BCUT2D eigenvalue weighted by Crippen LogP contribution is 2.45. The van der Waals surface area contributed by atoms with Crippen LogP contribution in [-0.4, -0.2) is 0 Å². The molecule has 276 valence electrons. The van der Waals surface area contributed by atoms with Crippen LogP contribution < -0.4 is 4.90 Å². The number of furan rings is 2. The van der Waals surface area contributed by atoms with Crippen LogP contribution >= 0.6 is 0 Å². The van der Waals surface area contributed by atoms with E-state index in [1.54, 1.807) is 0 Å². The number of para-hydroxylation sites is 2. The zero-order valence-corrected chi connectivity index (χ0v) is 32.0. The molecule has 3 nitrogen and oxygen atoms in total. The number of hydrogen-bond donors (Lipinski definition) is 0. The molecule has 0 amide bonds. The summed E-state index contributed by atoms with van der Waals surface area (Å²) in [6.45, 7) is 0. The predicted octanol–water partition coefficient (Wildman–Crippen LogP) is 16.3. The van der Waals surface area contributed by atoms with Crippen LogP contribution in [0.5, 0.6) is 0 Å². The summed E-state index contributed by atoms with van der Waals surface area (Å²) in [4.78, 5) is 2.39.